The number of methoxy groups -OCH3 is 1. The fraction of sp³-hybridized carbons (Fsp3) is 0.190. The molecule has 0 N–H and O–H groups in total. The van der Waals surface area contributed by atoms with Crippen molar-refractivity contribution in [1.29, 1.82) is 0 Å². The average Bonchev–Trinajstić information content (AvgIpc) is 3.37. The molecule has 0 fully saturated rings. The first-order chi connectivity index (χ1) is 13.2. The topological polar surface area (TPSA) is 47.2 Å². The highest BCUT2D eigenvalue weighted by molar-refractivity contribution is 6.30. The Labute approximate surface area is 161 Å². The SMILES string of the molecule is COc1ccccc1[C@H]1Oc2ccc(Cl)cc2[C@H]2CC(c3ccco3)=NN21. The summed E-state index contributed by atoms with van der Waals surface area (Å²) in [5, 5.41) is 7.51. The molecule has 5 rings (SSSR count). The Balaban J connectivity index is 1.64. The van der Waals surface area contributed by atoms with Crippen LogP contribution in [0.25, 0.3) is 0 Å². The molecule has 5 nitrogen and oxygen atoms in total. The lowest BCUT2D eigenvalue weighted by Crippen LogP contribution is -2.33. The molecule has 0 radical (unpaired) electrons. The van der Waals surface area contributed by atoms with Gasteiger partial charge >= 0.3 is 0 Å². The molecule has 27 heavy (non-hydrogen) atoms. The van der Waals surface area contributed by atoms with Gasteiger partial charge in [-0.25, -0.2) is 5.01 Å². The zero-order chi connectivity index (χ0) is 18.4. The lowest BCUT2D eigenvalue weighted by molar-refractivity contribution is -0.0203. The molecule has 2 aliphatic heterocycles. The lowest BCUT2D eigenvalue weighted by Gasteiger charge is -2.38. The highest BCUT2D eigenvalue weighted by atomic mass is 35.5. The molecule has 0 saturated heterocycles. The van der Waals surface area contributed by atoms with Crippen LogP contribution in [0.1, 0.15) is 35.6 Å². The van der Waals surface area contributed by atoms with Gasteiger partial charge in [0.2, 0.25) is 6.23 Å². The van der Waals surface area contributed by atoms with Gasteiger partial charge in [-0.1, -0.05) is 23.7 Å². The number of para-hydroxylation sites is 1. The molecule has 0 spiro atoms. The normalized spacial score (nSPS) is 20.5. The van der Waals surface area contributed by atoms with Gasteiger partial charge in [0.15, 0.2) is 0 Å². The van der Waals surface area contributed by atoms with Crippen molar-refractivity contribution in [2.45, 2.75) is 18.7 Å². The Morgan fingerprint density at radius 3 is 2.81 bits per heavy atom. The minimum Gasteiger partial charge on any atom is -0.496 e. The minimum atomic E-state index is -0.396. The van der Waals surface area contributed by atoms with Crippen LogP contribution in [0.2, 0.25) is 5.02 Å². The maximum absolute atomic E-state index is 6.34. The smallest absolute Gasteiger partial charge is 0.217 e. The predicted octanol–water partition coefficient (Wildman–Crippen LogP) is 5.18. The molecule has 136 valence electrons. The molecule has 0 aliphatic carbocycles. The van der Waals surface area contributed by atoms with Crippen molar-refractivity contribution in [2.75, 3.05) is 7.11 Å². The van der Waals surface area contributed by atoms with Crippen LogP contribution in [-0.4, -0.2) is 17.8 Å². The van der Waals surface area contributed by atoms with E-state index in [1.54, 1.807) is 13.4 Å². The van der Waals surface area contributed by atoms with E-state index in [1.165, 1.54) is 0 Å². The van der Waals surface area contributed by atoms with E-state index < -0.39 is 6.23 Å². The Kier molecular flexibility index (Phi) is 3.83. The summed E-state index contributed by atoms with van der Waals surface area (Å²) in [5.41, 5.74) is 2.84. The van der Waals surface area contributed by atoms with Gasteiger partial charge in [0.05, 0.1) is 25.0 Å². The molecule has 0 unspecified atom stereocenters. The number of hydrogen-bond acceptors (Lipinski definition) is 5. The summed E-state index contributed by atoms with van der Waals surface area (Å²) >= 11 is 6.25. The van der Waals surface area contributed by atoms with Gasteiger partial charge in [-0.05, 0) is 42.5 Å². The average molecular weight is 381 g/mol. The number of halogens is 1. The van der Waals surface area contributed by atoms with E-state index >= 15 is 0 Å². The van der Waals surface area contributed by atoms with Gasteiger partial charge in [-0.3, -0.25) is 0 Å². The molecule has 2 aliphatic rings. The molecule has 6 heteroatoms. The number of rotatable bonds is 3. The van der Waals surface area contributed by atoms with Crippen molar-refractivity contribution in [3.63, 3.8) is 0 Å². The van der Waals surface area contributed by atoms with Crippen molar-refractivity contribution < 1.29 is 13.9 Å². The number of fused-ring (bicyclic) bond motifs is 3. The number of hydrazone groups is 1. The summed E-state index contributed by atoms with van der Waals surface area (Å²) in [5.74, 6) is 2.35. The highest BCUT2D eigenvalue weighted by Gasteiger charge is 2.42. The van der Waals surface area contributed by atoms with E-state index in [4.69, 9.17) is 30.6 Å². The monoisotopic (exact) mass is 380 g/mol. The highest BCUT2D eigenvalue weighted by Crippen LogP contribution is 2.49. The molecule has 3 aromatic rings. The zero-order valence-corrected chi connectivity index (χ0v) is 15.4. The van der Waals surface area contributed by atoms with Crippen LogP contribution in [0.15, 0.2) is 70.4 Å². The molecule has 1 aromatic heterocycles. The first-order valence-corrected chi connectivity index (χ1v) is 9.11. The molecule has 0 bridgehead atoms. The van der Waals surface area contributed by atoms with E-state index in [2.05, 4.69) is 0 Å². The molecule has 0 saturated carbocycles. The summed E-state index contributed by atoms with van der Waals surface area (Å²) < 4.78 is 17.5. The summed E-state index contributed by atoms with van der Waals surface area (Å²) in [7, 11) is 1.66. The number of hydrogen-bond donors (Lipinski definition) is 0. The van der Waals surface area contributed by atoms with Crippen LogP contribution < -0.4 is 9.47 Å². The van der Waals surface area contributed by atoms with Crippen molar-refractivity contribution in [3.8, 4) is 11.5 Å². The fourth-order valence-electron chi connectivity index (χ4n) is 3.73. The fourth-order valence-corrected chi connectivity index (χ4v) is 3.91. The van der Waals surface area contributed by atoms with E-state index in [9.17, 15) is 0 Å². The van der Waals surface area contributed by atoms with Crippen molar-refractivity contribution in [2.24, 2.45) is 5.10 Å². The second-order valence-corrected chi connectivity index (χ2v) is 6.95. The third kappa shape index (κ3) is 2.66. The third-order valence-corrected chi connectivity index (χ3v) is 5.20. The van der Waals surface area contributed by atoms with Gasteiger partial charge in [0.1, 0.15) is 23.0 Å². The van der Waals surface area contributed by atoms with Crippen molar-refractivity contribution >= 4 is 17.3 Å². The zero-order valence-electron chi connectivity index (χ0n) is 14.6. The number of furan rings is 1. The van der Waals surface area contributed by atoms with Gasteiger partial charge in [-0.2, -0.15) is 5.10 Å². The van der Waals surface area contributed by atoms with Gasteiger partial charge in [0, 0.05) is 17.0 Å². The predicted molar refractivity (Wildman–Crippen MR) is 102 cm³/mol. The quantitative estimate of drug-likeness (QED) is 0.627. The van der Waals surface area contributed by atoms with E-state index in [-0.39, 0.29) is 6.04 Å². The Hall–Kier alpha value is -2.92. The molecule has 2 atom stereocenters. The Morgan fingerprint density at radius 1 is 1.11 bits per heavy atom. The lowest BCUT2D eigenvalue weighted by atomic mass is 9.97. The largest absolute Gasteiger partial charge is 0.496 e. The summed E-state index contributed by atoms with van der Waals surface area (Å²) in [6, 6.07) is 17.4. The first-order valence-electron chi connectivity index (χ1n) is 8.73. The molecule has 0 amide bonds. The van der Waals surface area contributed by atoms with Crippen molar-refractivity contribution in [1.82, 2.24) is 5.01 Å². The molecule has 2 aromatic carbocycles. The second kappa shape index (κ2) is 6.35. The molecular weight excluding hydrogens is 364 g/mol. The van der Waals surface area contributed by atoms with Gasteiger partial charge in [0.25, 0.3) is 0 Å². The van der Waals surface area contributed by atoms with E-state index in [0.717, 1.165) is 40.5 Å². The number of ether oxygens (including phenoxy) is 2. The third-order valence-electron chi connectivity index (χ3n) is 4.96. The summed E-state index contributed by atoms with van der Waals surface area (Å²) in [4.78, 5) is 0. The van der Waals surface area contributed by atoms with Crippen LogP contribution in [0, 0.1) is 0 Å². The maximum atomic E-state index is 6.34. The minimum absolute atomic E-state index is 0.0162. The van der Waals surface area contributed by atoms with E-state index in [1.807, 2.05) is 59.6 Å². The Bertz CT molecular complexity index is 1020. The van der Waals surface area contributed by atoms with Crippen molar-refractivity contribution in [3.05, 3.63) is 82.8 Å². The number of benzene rings is 2. The summed E-state index contributed by atoms with van der Waals surface area (Å²) in [6.45, 7) is 0. The second-order valence-electron chi connectivity index (χ2n) is 6.52. The van der Waals surface area contributed by atoms with Crippen LogP contribution in [0.5, 0.6) is 11.5 Å². The standard InChI is InChI=1S/C21H17ClN2O3/c1-25-18-6-3-2-5-14(18)21-24-17(12-16(23-24)20-7-4-10-26-20)15-11-13(22)8-9-19(15)27-21/h2-11,17,21H,12H2,1H3/t17-,21-/m1/s1. The van der Waals surface area contributed by atoms with Gasteiger partial charge in [-0.15, -0.1) is 0 Å². The Morgan fingerprint density at radius 2 is 2.00 bits per heavy atom. The van der Waals surface area contributed by atoms with Crippen LogP contribution >= 0.6 is 11.6 Å². The van der Waals surface area contributed by atoms with Gasteiger partial charge < -0.3 is 13.9 Å². The van der Waals surface area contributed by atoms with E-state index in [0.29, 0.717) is 5.02 Å². The molecular formula is C21H17ClN2O3. The molecule has 3 heterocycles. The maximum Gasteiger partial charge on any atom is 0.217 e. The first kappa shape index (κ1) is 16.3. The van der Waals surface area contributed by atoms with Crippen LogP contribution in [-0.2, 0) is 0 Å². The van der Waals surface area contributed by atoms with Crippen LogP contribution in [0.4, 0.5) is 0 Å². The number of nitrogens with zero attached hydrogens (tertiary/aromatic N) is 2. The van der Waals surface area contributed by atoms with Crippen LogP contribution in [0.3, 0.4) is 0 Å². The summed E-state index contributed by atoms with van der Waals surface area (Å²) in [6.07, 6.45) is 1.98.